The Kier molecular flexibility index (Phi) is 4.15. The molecule has 2 rings (SSSR count). The van der Waals surface area contributed by atoms with Gasteiger partial charge >= 0.3 is 0 Å². The van der Waals surface area contributed by atoms with Crippen molar-refractivity contribution in [2.24, 2.45) is 0 Å². The first-order valence-electron chi connectivity index (χ1n) is 5.38. The van der Waals surface area contributed by atoms with Crippen LogP contribution in [0.2, 0.25) is 0 Å². The molecule has 0 fully saturated rings. The minimum absolute atomic E-state index is 0.114. The third-order valence-electron chi connectivity index (χ3n) is 2.31. The largest absolute Gasteiger partial charge is 0.269 e. The lowest BCUT2D eigenvalue weighted by Gasteiger charge is -1.95. The Morgan fingerprint density at radius 1 is 1.00 bits per heavy atom. The van der Waals surface area contributed by atoms with Crippen LogP contribution in [0.1, 0.15) is 5.56 Å². The number of thioether (sulfide) groups is 1. The molecule has 3 nitrogen and oxygen atoms in total. The van der Waals surface area contributed by atoms with Crippen LogP contribution in [0.4, 0.5) is 5.69 Å². The van der Waals surface area contributed by atoms with Gasteiger partial charge in [0.1, 0.15) is 0 Å². The Hall–Kier alpha value is -2.07. The SMILES string of the molecule is O=[N+]([O-])c1ccc(/C=C\Sc2ccccc2)cc1. The van der Waals surface area contributed by atoms with Crippen molar-refractivity contribution in [3.05, 3.63) is 75.7 Å². The van der Waals surface area contributed by atoms with Crippen molar-refractivity contribution in [2.75, 3.05) is 0 Å². The third kappa shape index (κ3) is 3.46. The summed E-state index contributed by atoms with van der Waals surface area (Å²) in [6.45, 7) is 0. The van der Waals surface area contributed by atoms with Crippen LogP contribution in [0, 0.1) is 10.1 Å². The summed E-state index contributed by atoms with van der Waals surface area (Å²) in [5.41, 5.74) is 1.06. The van der Waals surface area contributed by atoms with Crippen LogP contribution >= 0.6 is 11.8 Å². The van der Waals surface area contributed by atoms with E-state index in [4.69, 9.17) is 0 Å². The Morgan fingerprint density at radius 2 is 1.67 bits per heavy atom. The van der Waals surface area contributed by atoms with Gasteiger partial charge in [-0.3, -0.25) is 10.1 Å². The molecule has 0 atom stereocenters. The number of hydrogen-bond acceptors (Lipinski definition) is 3. The molecule has 4 heteroatoms. The van der Waals surface area contributed by atoms with Crippen LogP contribution in [0.15, 0.2) is 64.9 Å². The number of nitro benzene ring substituents is 1. The summed E-state index contributed by atoms with van der Waals surface area (Å²) in [4.78, 5) is 11.3. The van der Waals surface area contributed by atoms with Crippen molar-refractivity contribution >= 4 is 23.5 Å². The number of nitrogens with zero attached hydrogens (tertiary/aromatic N) is 1. The second-order valence-electron chi connectivity index (χ2n) is 3.58. The van der Waals surface area contributed by atoms with Crippen molar-refractivity contribution < 1.29 is 4.92 Å². The monoisotopic (exact) mass is 257 g/mol. The van der Waals surface area contributed by atoms with Crippen LogP contribution in [0.25, 0.3) is 6.08 Å². The average Bonchev–Trinajstić information content (AvgIpc) is 2.40. The molecule has 0 amide bonds. The topological polar surface area (TPSA) is 43.1 Å². The average molecular weight is 257 g/mol. The van der Waals surface area contributed by atoms with E-state index in [2.05, 4.69) is 0 Å². The first kappa shape index (κ1) is 12.4. The summed E-state index contributed by atoms with van der Waals surface area (Å²) in [6.07, 6.45) is 1.93. The van der Waals surface area contributed by atoms with E-state index >= 15 is 0 Å². The van der Waals surface area contributed by atoms with Crippen molar-refractivity contribution in [3.8, 4) is 0 Å². The van der Waals surface area contributed by atoms with Crippen molar-refractivity contribution in [1.29, 1.82) is 0 Å². The standard InChI is InChI=1S/C14H11NO2S/c16-15(17)13-8-6-12(7-9-13)10-11-18-14-4-2-1-3-5-14/h1-11H/b11-10-. The summed E-state index contributed by atoms with van der Waals surface area (Å²) in [5.74, 6) is 0. The van der Waals surface area contributed by atoms with E-state index in [1.165, 1.54) is 12.1 Å². The second kappa shape index (κ2) is 6.02. The van der Waals surface area contributed by atoms with Crippen LogP contribution in [-0.4, -0.2) is 4.92 Å². The Morgan fingerprint density at radius 3 is 2.28 bits per heavy atom. The first-order valence-corrected chi connectivity index (χ1v) is 6.26. The molecule has 0 aliphatic heterocycles. The predicted molar refractivity (Wildman–Crippen MR) is 74.4 cm³/mol. The molecule has 0 N–H and O–H groups in total. The number of nitro groups is 1. The Balaban J connectivity index is 1.99. The van der Waals surface area contributed by atoms with Gasteiger partial charge in [0.15, 0.2) is 0 Å². The number of benzene rings is 2. The molecule has 0 aliphatic rings. The molecular weight excluding hydrogens is 246 g/mol. The lowest BCUT2D eigenvalue weighted by Crippen LogP contribution is -1.86. The third-order valence-corrected chi connectivity index (χ3v) is 3.13. The molecule has 2 aromatic rings. The predicted octanol–water partition coefficient (Wildman–Crippen LogP) is 4.36. The van der Waals surface area contributed by atoms with Gasteiger partial charge in [0.25, 0.3) is 5.69 Å². The van der Waals surface area contributed by atoms with Crippen molar-refractivity contribution in [3.63, 3.8) is 0 Å². The van der Waals surface area contributed by atoms with Crippen LogP contribution < -0.4 is 0 Å². The maximum atomic E-state index is 10.5. The molecule has 18 heavy (non-hydrogen) atoms. The highest BCUT2D eigenvalue weighted by molar-refractivity contribution is 8.02. The summed E-state index contributed by atoms with van der Waals surface area (Å²) in [5, 5.41) is 12.5. The lowest BCUT2D eigenvalue weighted by atomic mass is 10.2. The molecule has 0 radical (unpaired) electrons. The van der Waals surface area contributed by atoms with Gasteiger partial charge in [0.2, 0.25) is 0 Å². The first-order chi connectivity index (χ1) is 8.75. The fourth-order valence-corrected chi connectivity index (χ4v) is 2.09. The molecule has 0 spiro atoms. The van der Waals surface area contributed by atoms with E-state index < -0.39 is 4.92 Å². The second-order valence-corrected chi connectivity index (χ2v) is 4.56. The minimum Gasteiger partial charge on any atom is -0.258 e. The van der Waals surface area contributed by atoms with E-state index in [1.807, 2.05) is 41.8 Å². The Bertz CT molecular complexity index is 550. The fourth-order valence-electron chi connectivity index (χ4n) is 1.40. The molecule has 0 aliphatic carbocycles. The van der Waals surface area contributed by atoms with Gasteiger partial charge < -0.3 is 0 Å². The molecular formula is C14H11NO2S. The van der Waals surface area contributed by atoms with Crippen LogP contribution in [-0.2, 0) is 0 Å². The zero-order chi connectivity index (χ0) is 12.8. The van der Waals surface area contributed by atoms with Gasteiger partial charge in [-0.15, -0.1) is 0 Å². The van der Waals surface area contributed by atoms with Gasteiger partial charge in [0, 0.05) is 17.0 Å². The van der Waals surface area contributed by atoms with E-state index in [0.717, 1.165) is 10.5 Å². The van der Waals surface area contributed by atoms with Gasteiger partial charge in [0.05, 0.1) is 4.92 Å². The van der Waals surface area contributed by atoms with Crippen LogP contribution in [0.5, 0.6) is 0 Å². The van der Waals surface area contributed by atoms with E-state index in [9.17, 15) is 10.1 Å². The highest BCUT2D eigenvalue weighted by Crippen LogP contribution is 2.20. The van der Waals surface area contributed by atoms with Crippen molar-refractivity contribution in [2.45, 2.75) is 4.90 Å². The molecule has 0 saturated heterocycles. The van der Waals surface area contributed by atoms with Gasteiger partial charge in [-0.25, -0.2) is 0 Å². The van der Waals surface area contributed by atoms with E-state index in [-0.39, 0.29) is 5.69 Å². The van der Waals surface area contributed by atoms with Crippen molar-refractivity contribution in [1.82, 2.24) is 0 Å². The van der Waals surface area contributed by atoms with E-state index in [1.54, 1.807) is 23.9 Å². The Labute approximate surface area is 109 Å². The summed E-state index contributed by atoms with van der Waals surface area (Å²) in [6, 6.07) is 16.5. The van der Waals surface area contributed by atoms with Gasteiger partial charge in [-0.05, 0) is 41.3 Å². The quantitative estimate of drug-likeness (QED) is 0.464. The maximum absolute atomic E-state index is 10.5. The molecule has 0 aromatic heterocycles. The summed E-state index contributed by atoms with van der Waals surface area (Å²) < 4.78 is 0. The molecule has 2 aromatic carbocycles. The molecule has 0 bridgehead atoms. The summed E-state index contributed by atoms with van der Waals surface area (Å²) >= 11 is 1.61. The maximum Gasteiger partial charge on any atom is 0.269 e. The van der Waals surface area contributed by atoms with Gasteiger partial charge in [-0.2, -0.15) is 0 Å². The number of non-ortho nitro benzene ring substituents is 1. The highest BCUT2D eigenvalue weighted by atomic mass is 32.2. The molecule has 0 unspecified atom stereocenters. The zero-order valence-electron chi connectivity index (χ0n) is 9.52. The highest BCUT2D eigenvalue weighted by Gasteiger charge is 2.01. The van der Waals surface area contributed by atoms with Crippen LogP contribution in [0.3, 0.4) is 0 Å². The molecule has 90 valence electrons. The molecule has 0 saturated carbocycles. The molecule has 0 heterocycles. The van der Waals surface area contributed by atoms with E-state index in [0.29, 0.717) is 0 Å². The number of rotatable bonds is 4. The smallest absolute Gasteiger partial charge is 0.258 e. The summed E-state index contributed by atoms with van der Waals surface area (Å²) in [7, 11) is 0. The minimum atomic E-state index is -0.397. The fraction of sp³-hybridized carbons (Fsp3) is 0. The lowest BCUT2D eigenvalue weighted by molar-refractivity contribution is -0.384. The van der Waals surface area contributed by atoms with Gasteiger partial charge in [-0.1, -0.05) is 30.0 Å². The number of hydrogen-bond donors (Lipinski definition) is 0. The normalized spacial score (nSPS) is 10.7. The zero-order valence-corrected chi connectivity index (χ0v) is 10.3.